The number of ether oxygens (including phenoxy) is 1. The molecular formula is C15H20F3NO. The molecule has 0 radical (unpaired) electrons. The Morgan fingerprint density at radius 2 is 1.75 bits per heavy atom. The molecule has 1 saturated heterocycles. The predicted molar refractivity (Wildman–Crippen MR) is 71.3 cm³/mol. The Kier molecular flexibility index (Phi) is 3.86. The molecule has 1 heterocycles. The first-order valence-corrected chi connectivity index (χ1v) is 6.65. The quantitative estimate of drug-likeness (QED) is 0.897. The summed E-state index contributed by atoms with van der Waals surface area (Å²) in [4.78, 5) is 0. The van der Waals surface area contributed by atoms with E-state index < -0.39 is 17.5 Å². The molecule has 0 saturated carbocycles. The van der Waals surface area contributed by atoms with Gasteiger partial charge in [-0.15, -0.1) is 0 Å². The van der Waals surface area contributed by atoms with E-state index in [4.69, 9.17) is 4.74 Å². The Hall–Kier alpha value is -1.07. The number of hydrogen-bond acceptors (Lipinski definition) is 2. The molecule has 0 amide bonds. The van der Waals surface area contributed by atoms with Crippen LogP contribution in [0.15, 0.2) is 24.3 Å². The van der Waals surface area contributed by atoms with E-state index in [9.17, 15) is 13.2 Å². The lowest BCUT2D eigenvalue weighted by atomic mass is 9.90. The summed E-state index contributed by atoms with van der Waals surface area (Å²) in [5.41, 5.74) is -0.229. The topological polar surface area (TPSA) is 21.3 Å². The maximum absolute atomic E-state index is 12.5. The smallest absolute Gasteiger partial charge is 0.360 e. The fourth-order valence-corrected chi connectivity index (χ4v) is 2.20. The van der Waals surface area contributed by atoms with Gasteiger partial charge in [0.1, 0.15) is 5.72 Å². The van der Waals surface area contributed by atoms with Crippen LogP contribution in [0.3, 0.4) is 0 Å². The summed E-state index contributed by atoms with van der Waals surface area (Å²) in [6, 6.07) is 5.26. The van der Waals surface area contributed by atoms with Gasteiger partial charge in [0, 0.05) is 18.4 Å². The summed E-state index contributed by atoms with van der Waals surface area (Å²) < 4.78 is 43.4. The summed E-state index contributed by atoms with van der Waals surface area (Å²) in [6.07, 6.45) is -3.74. The fraction of sp³-hybridized carbons (Fsp3) is 0.600. The Morgan fingerprint density at radius 1 is 1.15 bits per heavy atom. The van der Waals surface area contributed by atoms with Crippen molar-refractivity contribution in [2.45, 2.75) is 39.1 Å². The van der Waals surface area contributed by atoms with Crippen LogP contribution in [0.4, 0.5) is 13.2 Å². The molecule has 0 aromatic heterocycles. The second kappa shape index (κ2) is 5.04. The number of hydrogen-bond donors (Lipinski definition) is 1. The Morgan fingerprint density at radius 3 is 2.20 bits per heavy atom. The van der Waals surface area contributed by atoms with Crippen molar-refractivity contribution in [2.24, 2.45) is 5.41 Å². The third-order valence-corrected chi connectivity index (χ3v) is 3.55. The molecule has 1 aliphatic heterocycles. The number of benzene rings is 1. The van der Waals surface area contributed by atoms with Crippen molar-refractivity contribution >= 4 is 0 Å². The van der Waals surface area contributed by atoms with Gasteiger partial charge in [0.05, 0.1) is 12.2 Å². The van der Waals surface area contributed by atoms with E-state index in [-0.39, 0.29) is 5.41 Å². The maximum Gasteiger partial charge on any atom is 0.416 e. The van der Waals surface area contributed by atoms with Crippen LogP contribution in [-0.2, 0) is 17.3 Å². The number of rotatable bonds is 2. The van der Waals surface area contributed by atoms with Gasteiger partial charge in [0.15, 0.2) is 0 Å². The minimum atomic E-state index is -4.29. The molecule has 1 aromatic carbocycles. The molecule has 2 rings (SSSR count). The molecule has 1 atom stereocenters. The summed E-state index contributed by atoms with van der Waals surface area (Å²) >= 11 is 0. The zero-order chi connectivity index (χ0) is 15.0. The third-order valence-electron chi connectivity index (χ3n) is 3.55. The fourth-order valence-electron chi connectivity index (χ4n) is 2.20. The van der Waals surface area contributed by atoms with Crippen LogP contribution < -0.4 is 5.32 Å². The van der Waals surface area contributed by atoms with Crippen molar-refractivity contribution in [1.29, 1.82) is 0 Å². The second-order valence-corrected chi connectivity index (χ2v) is 6.41. The average molecular weight is 287 g/mol. The van der Waals surface area contributed by atoms with Crippen LogP contribution in [0, 0.1) is 5.41 Å². The Bertz CT molecular complexity index is 455. The largest absolute Gasteiger partial charge is 0.416 e. The predicted octanol–water partition coefficient (Wildman–Crippen LogP) is 3.61. The van der Waals surface area contributed by atoms with E-state index in [0.717, 1.165) is 24.2 Å². The first-order chi connectivity index (χ1) is 9.10. The molecule has 112 valence electrons. The van der Waals surface area contributed by atoms with Crippen molar-refractivity contribution in [3.8, 4) is 0 Å². The van der Waals surface area contributed by atoms with Crippen LogP contribution in [-0.4, -0.2) is 18.9 Å². The normalized spacial score (nSPS) is 26.5. The van der Waals surface area contributed by atoms with Gasteiger partial charge in [-0.25, -0.2) is 0 Å². The summed E-state index contributed by atoms with van der Waals surface area (Å²) in [5.74, 6) is 0. The molecule has 5 heteroatoms. The highest BCUT2D eigenvalue weighted by molar-refractivity contribution is 5.25. The van der Waals surface area contributed by atoms with Crippen LogP contribution >= 0.6 is 0 Å². The van der Waals surface area contributed by atoms with Crippen LogP contribution in [0.1, 0.15) is 31.9 Å². The lowest BCUT2D eigenvalue weighted by Gasteiger charge is -2.42. The monoisotopic (exact) mass is 287 g/mol. The minimum absolute atomic E-state index is 0.0830. The van der Waals surface area contributed by atoms with Crippen LogP contribution in [0.25, 0.3) is 0 Å². The molecule has 0 aliphatic carbocycles. The Balaban J connectivity index is 2.03. The second-order valence-electron chi connectivity index (χ2n) is 6.41. The van der Waals surface area contributed by atoms with Gasteiger partial charge in [0.25, 0.3) is 0 Å². The van der Waals surface area contributed by atoms with E-state index in [1.807, 2.05) is 6.92 Å². The lowest BCUT2D eigenvalue weighted by molar-refractivity contribution is -0.137. The molecule has 1 aromatic rings. The van der Waals surface area contributed by atoms with Crippen molar-refractivity contribution in [3.63, 3.8) is 0 Å². The molecule has 1 unspecified atom stereocenters. The molecule has 1 N–H and O–H groups in total. The molecule has 20 heavy (non-hydrogen) atoms. The molecule has 1 fully saturated rings. The van der Waals surface area contributed by atoms with Crippen molar-refractivity contribution in [1.82, 2.24) is 5.32 Å². The standard InChI is InChI=1S/C15H20F3NO/c1-13(2)9-19-14(3,20-10-13)8-11-4-6-12(7-5-11)15(16,17)18/h4-7,19H,8-10H2,1-3H3. The van der Waals surface area contributed by atoms with Crippen molar-refractivity contribution in [3.05, 3.63) is 35.4 Å². The lowest BCUT2D eigenvalue weighted by Crippen LogP contribution is -2.56. The van der Waals surface area contributed by atoms with Gasteiger partial charge in [-0.2, -0.15) is 13.2 Å². The van der Waals surface area contributed by atoms with Crippen molar-refractivity contribution < 1.29 is 17.9 Å². The maximum atomic E-state index is 12.5. The van der Waals surface area contributed by atoms with E-state index >= 15 is 0 Å². The summed E-state index contributed by atoms with van der Waals surface area (Å²) in [7, 11) is 0. The molecular weight excluding hydrogens is 267 g/mol. The van der Waals surface area contributed by atoms with E-state index in [1.54, 1.807) is 0 Å². The zero-order valence-electron chi connectivity index (χ0n) is 12.0. The highest BCUT2D eigenvalue weighted by Crippen LogP contribution is 2.30. The van der Waals surface area contributed by atoms with Gasteiger partial charge >= 0.3 is 6.18 Å². The molecule has 1 aliphatic rings. The van der Waals surface area contributed by atoms with E-state index in [0.29, 0.717) is 13.0 Å². The SMILES string of the molecule is CC1(C)CNC(C)(Cc2ccc(C(F)(F)F)cc2)OC1. The third kappa shape index (κ3) is 3.73. The minimum Gasteiger partial charge on any atom is -0.360 e. The van der Waals surface area contributed by atoms with Gasteiger partial charge in [-0.1, -0.05) is 26.0 Å². The first-order valence-electron chi connectivity index (χ1n) is 6.65. The van der Waals surface area contributed by atoms with Gasteiger partial charge in [-0.3, -0.25) is 5.32 Å². The zero-order valence-corrected chi connectivity index (χ0v) is 12.0. The molecule has 2 nitrogen and oxygen atoms in total. The molecule has 0 bridgehead atoms. The summed E-state index contributed by atoms with van der Waals surface area (Å²) in [5, 5.41) is 3.33. The highest BCUT2D eigenvalue weighted by Gasteiger charge is 2.35. The van der Waals surface area contributed by atoms with Gasteiger partial charge in [0.2, 0.25) is 0 Å². The van der Waals surface area contributed by atoms with Crippen LogP contribution in [0.2, 0.25) is 0 Å². The number of halogens is 3. The number of nitrogens with one attached hydrogen (secondary N) is 1. The van der Waals surface area contributed by atoms with Gasteiger partial charge in [-0.05, 0) is 24.6 Å². The van der Waals surface area contributed by atoms with Crippen LogP contribution in [0.5, 0.6) is 0 Å². The van der Waals surface area contributed by atoms with Gasteiger partial charge < -0.3 is 4.74 Å². The highest BCUT2D eigenvalue weighted by atomic mass is 19.4. The molecule has 0 spiro atoms. The van der Waals surface area contributed by atoms with Crippen molar-refractivity contribution in [2.75, 3.05) is 13.2 Å². The van der Waals surface area contributed by atoms with E-state index in [1.165, 1.54) is 12.1 Å². The average Bonchev–Trinajstić information content (AvgIpc) is 2.33. The number of alkyl halides is 3. The first kappa shape index (κ1) is 15.3. The Labute approximate surface area is 117 Å². The van der Waals surface area contributed by atoms with E-state index in [2.05, 4.69) is 19.2 Å². The summed E-state index contributed by atoms with van der Waals surface area (Å²) in [6.45, 7) is 7.61.